The summed E-state index contributed by atoms with van der Waals surface area (Å²) in [5.74, 6) is -0.798. The molecule has 6 heteroatoms. The second-order valence-electron chi connectivity index (χ2n) is 6.38. The van der Waals surface area contributed by atoms with Crippen molar-refractivity contribution in [1.29, 1.82) is 0 Å². The molecule has 0 saturated heterocycles. The number of rotatable bonds is 5. The average molecular weight is 356 g/mol. The van der Waals surface area contributed by atoms with Crippen LogP contribution in [-0.2, 0) is 28.9 Å². The Morgan fingerprint density at radius 2 is 1.81 bits per heavy atom. The third kappa shape index (κ3) is 4.59. The van der Waals surface area contributed by atoms with E-state index in [9.17, 15) is 14.0 Å². The first-order chi connectivity index (χ1) is 12.5. The Labute approximate surface area is 151 Å². The molecule has 3 rings (SSSR count). The lowest BCUT2D eigenvalue weighted by atomic mass is 10.0. The van der Waals surface area contributed by atoms with Crippen LogP contribution in [0.4, 0.5) is 4.39 Å². The van der Waals surface area contributed by atoms with E-state index < -0.39 is 12.0 Å². The maximum absolute atomic E-state index is 12.9. The van der Waals surface area contributed by atoms with Crippen LogP contribution in [0.1, 0.15) is 30.0 Å². The lowest BCUT2D eigenvalue weighted by Gasteiger charge is -2.15. The van der Waals surface area contributed by atoms with Gasteiger partial charge in [0.1, 0.15) is 11.6 Å². The van der Waals surface area contributed by atoms with Gasteiger partial charge in [-0.15, -0.1) is 0 Å². The number of benzene rings is 2. The first-order valence-corrected chi connectivity index (χ1v) is 8.63. The van der Waals surface area contributed by atoms with Gasteiger partial charge in [-0.2, -0.15) is 0 Å². The molecule has 0 radical (unpaired) electrons. The van der Waals surface area contributed by atoms with Crippen molar-refractivity contribution in [2.45, 2.75) is 38.7 Å². The van der Waals surface area contributed by atoms with Crippen molar-refractivity contribution >= 4 is 11.8 Å². The van der Waals surface area contributed by atoms with E-state index in [1.54, 1.807) is 6.92 Å². The van der Waals surface area contributed by atoms with Crippen LogP contribution in [0.15, 0.2) is 42.5 Å². The highest BCUT2D eigenvalue weighted by atomic mass is 19.1. The lowest BCUT2D eigenvalue weighted by Crippen LogP contribution is -2.47. The second kappa shape index (κ2) is 7.99. The van der Waals surface area contributed by atoms with E-state index >= 15 is 0 Å². The molecule has 0 fully saturated rings. The van der Waals surface area contributed by atoms with Gasteiger partial charge in [-0.1, -0.05) is 18.2 Å². The van der Waals surface area contributed by atoms with Crippen LogP contribution in [0.25, 0.3) is 0 Å². The second-order valence-corrected chi connectivity index (χ2v) is 6.38. The van der Waals surface area contributed by atoms with Gasteiger partial charge >= 0.3 is 0 Å². The molecule has 1 aliphatic carbocycles. The van der Waals surface area contributed by atoms with E-state index in [1.807, 2.05) is 6.07 Å². The zero-order valence-electron chi connectivity index (χ0n) is 14.5. The number of hydrogen-bond acceptors (Lipinski definition) is 3. The van der Waals surface area contributed by atoms with Crippen LogP contribution >= 0.6 is 0 Å². The van der Waals surface area contributed by atoms with Crippen LogP contribution in [0.3, 0.4) is 0 Å². The minimum absolute atomic E-state index is 0.195. The molecule has 2 N–H and O–H groups in total. The summed E-state index contributed by atoms with van der Waals surface area (Å²) >= 11 is 0. The van der Waals surface area contributed by atoms with E-state index in [2.05, 4.69) is 23.0 Å². The summed E-state index contributed by atoms with van der Waals surface area (Å²) in [6, 6.07) is 11.5. The van der Waals surface area contributed by atoms with Gasteiger partial charge in [-0.25, -0.2) is 4.39 Å². The molecule has 0 aliphatic heterocycles. The van der Waals surface area contributed by atoms with Crippen LogP contribution in [0.5, 0.6) is 5.75 Å². The molecular formula is C20H21FN2O3. The van der Waals surface area contributed by atoms with Crippen molar-refractivity contribution in [2.24, 2.45) is 0 Å². The molecule has 1 atom stereocenters. The minimum atomic E-state index is -0.833. The summed E-state index contributed by atoms with van der Waals surface area (Å²) < 4.78 is 18.3. The topological polar surface area (TPSA) is 67.4 Å². The number of hydrazine groups is 1. The highest BCUT2D eigenvalue weighted by Gasteiger charge is 2.16. The van der Waals surface area contributed by atoms with Crippen LogP contribution in [0.2, 0.25) is 0 Å². The van der Waals surface area contributed by atoms with Crippen molar-refractivity contribution in [1.82, 2.24) is 10.9 Å². The van der Waals surface area contributed by atoms with Gasteiger partial charge in [0.2, 0.25) is 5.91 Å². The molecule has 0 aromatic heterocycles. The van der Waals surface area contributed by atoms with Crippen LogP contribution in [0, 0.1) is 5.82 Å². The van der Waals surface area contributed by atoms with E-state index in [0.29, 0.717) is 5.75 Å². The molecular weight excluding hydrogens is 335 g/mol. The first-order valence-electron chi connectivity index (χ1n) is 8.63. The van der Waals surface area contributed by atoms with Gasteiger partial charge in [-0.05, 0) is 67.1 Å². The fourth-order valence-corrected chi connectivity index (χ4v) is 2.97. The fraction of sp³-hybridized carbons (Fsp3) is 0.300. The molecule has 0 spiro atoms. The lowest BCUT2D eigenvalue weighted by molar-refractivity contribution is -0.132. The maximum atomic E-state index is 12.9. The quantitative estimate of drug-likeness (QED) is 0.809. The monoisotopic (exact) mass is 356 g/mol. The summed E-state index contributed by atoms with van der Waals surface area (Å²) in [6.45, 7) is 1.55. The van der Waals surface area contributed by atoms with Gasteiger partial charge in [0.15, 0.2) is 6.10 Å². The predicted molar refractivity (Wildman–Crippen MR) is 94.9 cm³/mol. The van der Waals surface area contributed by atoms with Gasteiger partial charge in [0.25, 0.3) is 5.91 Å². The summed E-state index contributed by atoms with van der Waals surface area (Å²) in [5.41, 5.74) is 8.33. The zero-order valence-corrected chi connectivity index (χ0v) is 14.5. The third-order valence-electron chi connectivity index (χ3n) is 4.35. The number of amides is 2. The molecule has 0 heterocycles. The SMILES string of the molecule is C[C@H](Oc1ccc(F)cc1)C(=O)NNC(=O)Cc1ccc2c(c1)CCC2. The van der Waals surface area contributed by atoms with E-state index in [-0.39, 0.29) is 18.1 Å². The maximum Gasteiger partial charge on any atom is 0.279 e. The van der Waals surface area contributed by atoms with Crippen molar-refractivity contribution in [3.8, 4) is 5.75 Å². The van der Waals surface area contributed by atoms with Gasteiger partial charge in [-0.3, -0.25) is 20.4 Å². The normalized spacial score (nSPS) is 13.6. The summed E-state index contributed by atoms with van der Waals surface area (Å²) in [6.07, 6.45) is 2.68. The number of aryl methyl sites for hydroxylation is 2. The van der Waals surface area contributed by atoms with E-state index in [0.717, 1.165) is 24.8 Å². The van der Waals surface area contributed by atoms with Gasteiger partial charge in [0.05, 0.1) is 6.42 Å². The number of halogens is 1. The molecule has 2 aromatic rings. The zero-order chi connectivity index (χ0) is 18.5. The largest absolute Gasteiger partial charge is 0.481 e. The molecule has 2 amide bonds. The predicted octanol–water partition coefficient (Wildman–Crippen LogP) is 2.47. The molecule has 0 unspecified atom stereocenters. The molecule has 136 valence electrons. The number of carbonyl (C=O) groups excluding carboxylic acids is 2. The standard InChI is InChI=1S/C20H21FN2O3/c1-13(26-18-9-7-17(21)8-10-18)20(25)23-22-19(24)12-14-5-6-15-3-2-4-16(15)11-14/h5-11,13H,2-4,12H2,1H3,(H,22,24)(H,23,25)/t13-/m0/s1. The number of nitrogens with one attached hydrogen (secondary N) is 2. The highest BCUT2D eigenvalue weighted by Crippen LogP contribution is 2.22. The fourth-order valence-electron chi connectivity index (χ4n) is 2.97. The molecule has 1 aliphatic rings. The summed E-state index contributed by atoms with van der Waals surface area (Å²) in [4.78, 5) is 24.0. The number of ether oxygens (including phenoxy) is 1. The van der Waals surface area contributed by atoms with Crippen molar-refractivity contribution in [3.05, 3.63) is 65.0 Å². The number of hydrogen-bond donors (Lipinski definition) is 2. The average Bonchev–Trinajstić information content (AvgIpc) is 3.09. The molecule has 5 nitrogen and oxygen atoms in total. The van der Waals surface area contributed by atoms with Crippen molar-refractivity contribution in [2.75, 3.05) is 0 Å². The van der Waals surface area contributed by atoms with E-state index in [1.165, 1.54) is 35.4 Å². The van der Waals surface area contributed by atoms with Crippen molar-refractivity contribution < 1.29 is 18.7 Å². The van der Waals surface area contributed by atoms with Gasteiger partial charge in [0, 0.05) is 0 Å². The Kier molecular flexibility index (Phi) is 5.51. The van der Waals surface area contributed by atoms with Gasteiger partial charge < -0.3 is 4.74 Å². The summed E-state index contributed by atoms with van der Waals surface area (Å²) in [7, 11) is 0. The molecule has 26 heavy (non-hydrogen) atoms. The smallest absolute Gasteiger partial charge is 0.279 e. The third-order valence-corrected chi connectivity index (χ3v) is 4.35. The Balaban J connectivity index is 1.46. The minimum Gasteiger partial charge on any atom is -0.481 e. The molecule has 0 saturated carbocycles. The summed E-state index contributed by atoms with van der Waals surface area (Å²) in [5, 5.41) is 0. The Morgan fingerprint density at radius 1 is 1.08 bits per heavy atom. The Morgan fingerprint density at radius 3 is 2.58 bits per heavy atom. The Bertz CT molecular complexity index is 805. The highest BCUT2D eigenvalue weighted by molar-refractivity contribution is 5.85. The molecule has 0 bridgehead atoms. The first kappa shape index (κ1) is 17.9. The Hall–Kier alpha value is -2.89. The molecule has 2 aromatic carbocycles. The number of carbonyl (C=O) groups is 2. The van der Waals surface area contributed by atoms with Crippen LogP contribution < -0.4 is 15.6 Å². The van der Waals surface area contributed by atoms with E-state index in [4.69, 9.17) is 4.74 Å². The number of fused-ring (bicyclic) bond motifs is 1. The van der Waals surface area contributed by atoms with Crippen LogP contribution in [-0.4, -0.2) is 17.9 Å². The van der Waals surface area contributed by atoms with Crippen molar-refractivity contribution in [3.63, 3.8) is 0 Å².